The zero-order chi connectivity index (χ0) is 20.3. The van der Waals surface area contributed by atoms with Crippen LogP contribution in [0.3, 0.4) is 0 Å². The first-order valence-electron chi connectivity index (χ1n) is 9.90. The van der Waals surface area contributed by atoms with Gasteiger partial charge in [0.25, 0.3) is 0 Å². The highest BCUT2D eigenvalue weighted by molar-refractivity contribution is 7.80. The molecule has 1 aliphatic rings. The van der Waals surface area contributed by atoms with Crippen LogP contribution < -0.4 is 5.32 Å². The van der Waals surface area contributed by atoms with Crippen molar-refractivity contribution in [2.75, 3.05) is 0 Å². The Morgan fingerprint density at radius 2 is 1.70 bits per heavy atom. The van der Waals surface area contributed by atoms with Crippen LogP contribution >= 0.6 is 12.2 Å². The topological polar surface area (TPSA) is 46.0 Å². The van der Waals surface area contributed by atoms with Crippen LogP contribution in [0, 0.1) is 0 Å². The Morgan fingerprint density at radius 3 is 2.47 bits per heavy atom. The molecule has 3 aromatic heterocycles. The zero-order valence-corrected chi connectivity index (χ0v) is 17.1. The average molecular weight is 412 g/mol. The maximum Gasteiger partial charge on any atom is 0.170 e. The van der Waals surface area contributed by atoms with Crippen molar-refractivity contribution >= 4 is 17.3 Å². The molecule has 0 unspecified atom stereocenters. The van der Waals surface area contributed by atoms with Crippen molar-refractivity contribution in [2.45, 2.75) is 18.6 Å². The number of pyridine rings is 2. The largest absolute Gasteiger partial charge is 0.352 e. The van der Waals surface area contributed by atoms with Gasteiger partial charge in [-0.15, -0.1) is 0 Å². The van der Waals surface area contributed by atoms with Gasteiger partial charge in [0.15, 0.2) is 5.11 Å². The quantitative estimate of drug-likeness (QED) is 0.492. The van der Waals surface area contributed by atoms with E-state index in [1.54, 1.807) is 0 Å². The summed E-state index contributed by atoms with van der Waals surface area (Å²) < 4.78 is 2.15. The molecular formula is C24H21N5S. The van der Waals surface area contributed by atoms with Gasteiger partial charge in [-0.05, 0) is 65.8 Å². The smallest absolute Gasteiger partial charge is 0.170 e. The molecule has 6 heteroatoms. The van der Waals surface area contributed by atoms with Crippen LogP contribution in [0.15, 0.2) is 97.7 Å². The molecule has 2 atom stereocenters. The summed E-state index contributed by atoms with van der Waals surface area (Å²) in [6.45, 7) is 0.707. The third-order valence-electron chi connectivity index (χ3n) is 5.41. The number of thiocarbonyl (C=S) groups is 1. The van der Waals surface area contributed by atoms with Crippen molar-refractivity contribution < 1.29 is 0 Å². The van der Waals surface area contributed by atoms with E-state index in [0.29, 0.717) is 6.54 Å². The van der Waals surface area contributed by atoms with E-state index >= 15 is 0 Å². The average Bonchev–Trinajstić information content (AvgIpc) is 3.41. The number of rotatable bonds is 5. The normalized spacial score (nSPS) is 18.4. The van der Waals surface area contributed by atoms with Crippen LogP contribution in [0.5, 0.6) is 0 Å². The van der Waals surface area contributed by atoms with E-state index < -0.39 is 0 Å². The van der Waals surface area contributed by atoms with E-state index in [2.05, 4.69) is 61.4 Å². The fourth-order valence-electron chi connectivity index (χ4n) is 3.97. The highest BCUT2D eigenvalue weighted by atomic mass is 32.1. The molecule has 1 aromatic carbocycles. The van der Waals surface area contributed by atoms with Gasteiger partial charge in [-0.3, -0.25) is 9.97 Å². The molecule has 5 rings (SSSR count). The summed E-state index contributed by atoms with van der Waals surface area (Å²) >= 11 is 5.76. The van der Waals surface area contributed by atoms with Crippen LogP contribution in [-0.2, 0) is 6.54 Å². The van der Waals surface area contributed by atoms with Gasteiger partial charge in [-0.1, -0.05) is 24.3 Å². The van der Waals surface area contributed by atoms with Crippen molar-refractivity contribution in [3.05, 3.63) is 115 Å². The first-order valence-corrected chi connectivity index (χ1v) is 10.3. The summed E-state index contributed by atoms with van der Waals surface area (Å²) in [5.41, 5.74) is 4.47. The molecule has 0 saturated carbocycles. The second kappa shape index (κ2) is 8.08. The molecule has 0 spiro atoms. The van der Waals surface area contributed by atoms with Crippen LogP contribution in [0.1, 0.15) is 28.9 Å². The molecule has 4 aromatic rings. The molecule has 0 aliphatic carbocycles. The standard InChI is InChI=1S/C24H21N5S/c30-24-27-22(21-8-4-5-12-26-21)23(29(24)16-18-9-13-25-14-10-18)19-11-15-28(17-19)20-6-2-1-3-7-20/h1-15,17,22-23H,16H2,(H,27,30)/t22-,23-/m0/s1. The Morgan fingerprint density at radius 1 is 0.900 bits per heavy atom. The minimum absolute atomic E-state index is 0.0211. The van der Waals surface area contributed by atoms with E-state index in [9.17, 15) is 0 Å². The summed E-state index contributed by atoms with van der Waals surface area (Å²) in [6.07, 6.45) is 9.76. The second-order valence-corrected chi connectivity index (χ2v) is 7.68. The number of hydrogen-bond donors (Lipinski definition) is 1. The van der Waals surface area contributed by atoms with E-state index in [-0.39, 0.29) is 12.1 Å². The fraction of sp³-hybridized carbons (Fsp3) is 0.125. The van der Waals surface area contributed by atoms with Crippen LogP contribution in [0.4, 0.5) is 0 Å². The van der Waals surface area contributed by atoms with Crippen LogP contribution in [-0.4, -0.2) is 24.5 Å². The summed E-state index contributed by atoms with van der Waals surface area (Å²) in [5, 5.41) is 4.24. The summed E-state index contributed by atoms with van der Waals surface area (Å²) in [4.78, 5) is 11.0. The van der Waals surface area contributed by atoms with E-state index in [1.807, 2.05) is 61.1 Å². The van der Waals surface area contributed by atoms with Gasteiger partial charge in [-0.2, -0.15) is 0 Å². The predicted molar refractivity (Wildman–Crippen MR) is 121 cm³/mol. The Bertz CT molecular complexity index is 1130. The van der Waals surface area contributed by atoms with Gasteiger partial charge >= 0.3 is 0 Å². The van der Waals surface area contributed by atoms with Crippen molar-refractivity contribution in [3.63, 3.8) is 0 Å². The molecule has 1 saturated heterocycles. The number of aromatic nitrogens is 3. The van der Waals surface area contributed by atoms with Crippen molar-refractivity contribution in [2.24, 2.45) is 0 Å². The van der Waals surface area contributed by atoms with Crippen molar-refractivity contribution in [3.8, 4) is 5.69 Å². The van der Waals surface area contributed by atoms with Crippen LogP contribution in [0.25, 0.3) is 5.69 Å². The minimum Gasteiger partial charge on any atom is -0.352 e. The van der Waals surface area contributed by atoms with Gasteiger partial charge < -0.3 is 14.8 Å². The highest BCUT2D eigenvalue weighted by Crippen LogP contribution is 2.39. The molecule has 4 heterocycles. The molecule has 0 radical (unpaired) electrons. The molecule has 1 aliphatic heterocycles. The molecule has 148 valence electrons. The SMILES string of the molecule is S=C1N[C@@H](c2ccccn2)[C@H](c2ccn(-c3ccccc3)c2)N1Cc1ccncc1. The second-order valence-electron chi connectivity index (χ2n) is 7.30. The number of benzene rings is 1. The molecule has 5 nitrogen and oxygen atoms in total. The Hall–Kier alpha value is -3.51. The zero-order valence-electron chi connectivity index (χ0n) is 16.3. The molecule has 1 N–H and O–H groups in total. The number of nitrogens with zero attached hydrogens (tertiary/aromatic N) is 4. The van der Waals surface area contributed by atoms with Gasteiger partial charge in [0.05, 0.1) is 17.8 Å². The van der Waals surface area contributed by atoms with Gasteiger partial charge in [0.1, 0.15) is 0 Å². The lowest BCUT2D eigenvalue weighted by molar-refractivity contribution is 0.311. The Balaban J connectivity index is 1.54. The lowest BCUT2D eigenvalue weighted by Crippen LogP contribution is -2.29. The lowest BCUT2D eigenvalue weighted by Gasteiger charge is -2.27. The van der Waals surface area contributed by atoms with Gasteiger partial charge in [-0.25, -0.2) is 0 Å². The van der Waals surface area contributed by atoms with Gasteiger partial charge in [0.2, 0.25) is 0 Å². The molecule has 30 heavy (non-hydrogen) atoms. The minimum atomic E-state index is -0.0211. The summed E-state index contributed by atoms with van der Waals surface area (Å²) in [7, 11) is 0. The first-order chi connectivity index (χ1) is 14.8. The molecule has 0 amide bonds. The third kappa shape index (κ3) is 3.57. The molecule has 0 bridgehead atoms. The van der Waals surface area contributed by atoms with Crippen LogP contribution in [0.2, 0.25) is 0 Å². The fourth-order valence-corrected chi connectivity index (χ4v) is 4.28. The summed E-state index contributed by atoms with van der Waals surface area (Å²) in [6, 6.07) is 22.6. The third-order valence-corrected chi connectivity index (χ3v) is 5.76. The van der Waals surface area contributed by atoms with Gasteiger partial charge in [0, 0.05) is 43.2 Å². The monoisotopic (exact) mass is 411 g/mol. The molecule has 1 fully saturated rings. The number of para-hydroxylation sites is 1. The Labute approximate surface area is 181 Å². The van der Waals surface area contributed by atoms with E-state index in [0.717, 1.165) is 16.5 Å². The summed E-state index contributed by atoms with van der Waals surface area (Å²) in [5.74, 6) is 0. The maximum atomic E-state index is 5.76. The predicted octanol–water partition coefficient (Wildman–Crippen LogP) is 4.44. The first kappa shape index (κ1) is 18.5. The number of nitrogens with one attached hydrogen (secondary N) is 1. The highest BCUT2D eigenvalue weighted by Gasteiger charge is 2.40. The molecular weight excluding hydrogens is 390 g/mol. The maximum absolute atomic E-state index is 5.76. The van der Waals surface area contributed by atoms with Crippen molar-refractivity contribution in [1.29, 1.82) is 0 Å². The van der Waals surface area contributed by atoms with E-state index in [1.165, 1.54) is 11.1 Å². The van der Waals surface area contributed by atoms with E-state index in [4.69, 9.17) is 12.2 Å². The van der Waals surface area contributed by atoms with Crippen molar-refractivity contribution in [1.82, 2.24) is 24.8 Å². The number of hydrogen-bond acceptors (Lipinski definition) is 3. The Kier molecular flexibility index (Phi) is 4.99. The lowest BCUT2D eigenvalue weighted by atomic mass is 9.99.